The van der Waals surface area contributed by atoms with Gasteiger partial charge in [-0.15, -0.1) is 0 Å². The maximum Gasteiger partial charge on any atom is 0.318 e. The smallest absolute Gasteiger partial charge is 0.318 e. The van der Waals surface area contributed by atoms with Crippen LogP contribution in [0.1, 0.15) is 6.92 Å². The number of alkyl halides is 1. The number of carbonyl (C=O) groups is 3. The number of carbonyl (C=O) groups excluding carboxylic acids is 3. The first kappa shape index (κ1) is 10.6. The van der Waals surface area contributed by atoms with Crippen LogP contribution >= 0.6 is 0 Å². The highest BCUT2D eigenvalue weighted by Gasteiger charge is 2.34. The van der Waals surface area contributed by atoms with Crippen LogP contribution in [0.25, 0.3) is 0 Å². The Morgan fingerprint density at radius 1 is 1.36 bits per heavy atom. The third kappa shape index (κ3) is 1.89. The van der Waals surface area contributed by atoms with Crippen molar-refractivity contribution >= 4 is 17.7 Å². The minimum atomic E-state index is -0.864. The molecule has 0 aromatic heterocycles. The third-order valence-corrected chi connectivity index (χ3v) is 2.04. The Hall–Kier alpha value is -1.46. The first-order valence-electron chi connectivity index (χ1n) is 4.25. The summed E-state index contributed by atoms with van der Waals surface area (Å²) in [7, 11) is 0. The van der Waals surface area contributed by atoms with Gasteiger partial charge in [0, 0.05) is 26.6 Å². The molecule has 0 saturated carbocycles. The molecule has 0 bridgehead atoms. The van der Waals surface area contributed by atoms with Gasteiger partial charge in [0.05, 0.1) is 0 Å². The quantitative estimate of drug-likeness (QED) is 0.549. The van der Waals surface area contributed by atoms with Gasteiger partial charge in [-0.05, 0) is 0 Å². The van der Waals surface area contributed by atoms with Gasteiger partial charge in [0.15, 0.2) is 0 Å². The first-order valence-corrected chi connectivity index (χ1v) is 4.25. The van der Waals surface area contributed by atoms with Crippen molar-refractivity contribution in [3.05, 3.63) is 0 Å². The summed E-state index contributed by atoms with van der Waals surface area (Å²) in [5.74, 6) is -2.12. The Labute approximate surface area is 80.5 Å². The molecule has 0 aromatic carbocycles. The number of hydrogen-bond donors (Lipinski definition) is 0. The van der Waals surface area contributed by atoms with E-state index in [0.29, 0.717) is 0 Å². The van der Waals surface area contributed by atoms with E-state index in [1.807, 2.05) is 0 Å². The molecule has 1 fully saturated rings. The summed E-state index contributed by atoms with van der Waals surface area (Å²) in [6, 6.07) is 0. The summed E-state index contributed by atoms with van der Waals surface area (Å²) >= 11 is 0. The van der Waals surface area contributed by atoms with Gasteiger partial charge in [0.25, 0.3) is 0 Å². The molecule has 1 saturated heterocycles. The van der Waals surface area contributed by atoms with Crippen LogP contribution in [-0.2, 0) is 14.4 Å². The van der Waals surface area contributed by atoms with Crippen molar-refractivity contribution in [1.29, 1.82) is 0 Å². The second-order valence-corrected chi connectivity index (χ2v) is 2.96. The highest BCUT2D eigenvalue weighted by Crippen LogP contribution is 2.04. The summed E-state index contributed by atoms with van der Waals surface area (Å²) in [5.41, 5.74) is 0. The molecule has 0 aliphatic carbocycles. The fraction of sp³-hybridized carbons (Fsp3) is 0.625. The zero-order chi connectivity index (χ0) is 10.7. The summed E-state index contributed by atoms with van der Waals surface area (Å²) in [4.78, 5) is 35.4. The van der Waals surface area contributed by atoms with Gasteiger partial charge in [-0.1, -0.05) is 0 Å². The van der Waals surface area contributed by atoms with Crippen LogP contribution in [0.5, 0.6) is 0 Å². The van der Waals surface area contributed by atoms with E-state index < -0.39 is 24.4 Å². The molecule has 1 aliphatic rings. The lowest BCUT2D eigenvalue weighted by atomic mass is 10.3. The molecule has 0 radical (unpaired) electrons. The number of amides is 3. The fourth-order valence-electron chi connectivity index (χ4n) is 1.29. The van der Waals surface area contributed by atoms with E-state index in [1.54, 1.807) is 0 Å². The van der Waals surface area contributed by atoms with E-state index in [0.717, 1.165) is 9.80 Å². The fourth-order valence-corrected chi connectivity index (χ4v) is 1.29. The average molecular weight is 202 g/mol. The van der Waals surface area contributed by atoms with Crippen LogP contribution in [0.3, 0.4) is 0 Å². The summed E-state index contributed by atoms with van der Waals surface area (Å²) in [6.07, 6.45) is 0. The van der Waals surface area contributed by atoms with Crippen LogP contribution in [0.15, 0.2) is 0 Å². The molecule has 1 aliphatic heterocycles. The Balaban J connectivity index is 2.69. The monoisotopic (exact) mass is 202 g/mol. The predicted octanol–water partition coefficient (Wildman–Crippen LogP) is -0.827. The van der Waals surface area contributed by atoms with E-state index >= 15 is 0 Å². The molecule has 6 heteroatoms. The van der Waals surface area contributed by atoms with Crippen LogP contribution in [0.2, 0.25) is 0 Å². The lowest BCUT2D eigenvalue weighted by molar-refractivity contribution is -0.160. The maximum absolute atomic E-state index is 11.9. The number of halogens is 1. The standard InChI is InChI=1S/C8H11FN2O3/c1-6(12)11-5-4-10(3-2-9)7(13)8(11)14/h2-5H2,1H3. The average Bonchev–Trinajstić information content (AvgIpc) is 2.13. The SMILES string of the molecule is CC(=O)N1CCN(CCF)C(=O)C1=O. The minimum Gasteiger partial charge on any atom is -0.330 e. The summed E-state index contributed by atoms with van der Waals surface area (Å²) < 4.78 is 11.9. The molecule has 0 atom stereocenters. The molecule has 3 amide bonds. The molecule has 78 valence electrons. The van der Waals surface area contributed by atoms with Crippen molar-refractivity contribution in [3.63, 3.8) is 0 Å². The van der Waals surface area contributed by atoms with E-state index in [2.05, 4.69) is 0 Å². The van der Waals surface area contributed by atoms with Crippen molar-refractivity contribution in [2.75, 3.05) is 26.3 Å². The number of hydrogen-bond acceptors (Lipinski definition) is 3. The largest absolute Gasteiger partial charge is 0.330 e. The van der Waals surface area contributed by atoms with Gasteiger partial charge in [-0.3, -0.25) is 19.3 Å². The van der Waals surface area contributed by atoms with E-state index in [1.165, 1.54) is 6.92 Å². The maximum atomic E-state index is 11.9. The van der Waals surface area contributed by atoms with Crippen LogP contribution in [0.4, 0.5) is 4.39 Å². The van der Waals surface area contributed by atoms with Crippen molar-refractivity contribution in [2.24, 2.45) is 0 Å². The second-order valence-electron chi connectivity index (χ2n) is 2.96. The first-order chi connectivity index (χ1) is 6.57. The van der Waals surface area contributed by atoms with Gasteiger partial charge in [0.2, 0.25) is 5.91 Å². The number of rotatable bonds is 2. The second kappa shape index (κ2) is 4.17. The minimum absolute atomic E-state index is 0.0870. The molecule has 1 heterocycles. The molecule has 0 spiro atoms. The van der Waals surface area contributed by atoms with Crippen molar-refractivity contribution in [2.45, 2.75) is 6.92 Å². The lowest BCUT2D eigenvalue weighted by Gasteiger charge is -2.31. The van der Waals surface area contributed by atoms with Gasteiger partial charge in [0.1, 0.15) is 6.67 Å². The molecule has 0 aromatic rings. The van der Waals surface area contributed by atoms with Gasteiger partial charge < -0.3 is 4.90 Å². The van der Waals surface area contributed by atoms with E-state index in [-0.39, 0.29) is 19.6 Å². The highest BCUT2D eigenvalue weighted by atomic mass is 19.1. The molecule has 0 N–H and O–H groups in total. The van der Waals surface area contributed by atoms with Crippen LogP contribution in [-0.4, -0.2) is 53.8 Å². The highest BCUT2D eigenvalue weighted by molar-refractivity contribution is 6.38. The molecule has 14 heavy (non-hydrogen) atoms. The molecule has 5 nitrogen and oxygen atoms in total. The number of imide groups is 1. The Kier molecular flexibility index (Phi) is 3.16. The van der Waals surface area contributed by atoms with Crippen molar-refractivity contribution in [1.82, 2.24) is 9.80 Å². The molecular weight excluding hydrogens is 191 g/mol. The molecular formula is C8H11FN2O3. The summed E-state index contributed by atoms with van der Waals surface area (Å²) in [5, 5.41) is 0. The third-order valence-electron chi connectivity index (χ3n) is 2.04. The Bertz CT molecular complexity index is 280. The number of piperazine rings is 1. The zero-order valence-electron chi connectivity index (χ0n) is 7.83. The van der Waals surface area contributed by atoms with Gasteiger partial charge >= 0.3 is 11.8 Å². The van der Waals surface area contributed by atoms with Crippen molar-refractivity contribution in [3.8, 4) is 0 Å². The summed E-state index contributed by atoms with van der Waals surface area (Å²) in [6.45, 7) is 0.819. The normalized spacial score (nSPS) is 17.6. The predicted molar refractivity (Wildman–Crippen MR) is 44.9 cm³/mol. The number of nitrogens with zero attached hydrogens (tertiary/aromatic N) is 2. The molecule has 1 rings (SSSR count). The lowest BCUT2D eigenvalue weighted by Crippen LogP contribution is -2.56. The Morgan fingerprint density at radius 3 is 2.50 bits per heavy atom. The van der Waals surface area contributed by atoms with E-state index in [9.17, 15) is 18.8 Å². The van der Waals surface area contributed by atoms with E-state index in [4.69, 9.17) is 0 Å². The van der Waals surface area contributed by atoms with Gasteiger partial charge in [-0.2, -0.15) is 0 Å². The Morgan fingerprint density at radius 2 is 2.00 bits per heavy atom. The van der Waals surface area contributed by atoms with Gasteiger partial charge in [-0.25, -0.2) is 4.39 Å². The zero-order valence-corrected chi connectivity index (χ0v) is 7.83. The molecule has 0 unspecified atom stereocenters. The van der Waals surface area contributed by atoms with Crippen LogP contribution in [0, 0.1) is 0 Å². The van der Waals surface area contributed by atoms with Crippen molar-refractivity contribution < 1.29 is 18.8 Å². The van der Waals surface area contributed by atoms with Crippen LogP contribution < -0.4 is 0 Å². The topological polar surface area (TPSA) is 57.7 Å².